The molecule has 5 heteroatoms. The van der Waals surface area contributed by atoms with Crippen LogP contribution in [0.4, 0.5) is 0 Å². The maximum atomic E-state index is 11.4. The fraction of sp³-hybridized carbons (Fsp3) is 0.125. The van der Waals surface area contributed by atoms with E-state index in [1.165, 1.54) is 6.08 Å². The van der Waals surface area contributed by atoms with Gasteiger partial charge in [0.1, 0.15) is 23.5 Å². The van der Waals surface area contributed by atoms with Crippen LogP contribution in [0.1, 0.15) is 0 Å². The molecule has 0 heterocycles. The Morgan fingerprint density at radius 3 is 2.15 bits per heavy atom. The van der Waals surface area contributed by atoms with Crippen LogP contribution in [0.3, 0.4) is 0 Å². The van der Waals surface area contributed by atoms with Crippen LogP contribution >= 0.6 is 0 Å². The average Bonchev–Trinajstić information content (AvgIpc) is 2.02. The summed E-state index contributed by atoms with van der Waals surface area (Å²) in [6, 6.07) is 0. The van der Waals surface area contributed by atoms with E-state index in [0.29, 0.717) is 0 Å². The highest BCUT2D eigenvalue weighted by molar-refractivity contribution is 6.59. The van der Waals surface area contributed by atoms with Crippen LogP contribution in [0.25, 0.3) is 0 Å². The summed E-state index contributed by atoms with van der Waals surface area (Å²) >= 11 is 0. The molecule has 0 atom stereocenters. The average molecular weight is 173 g/mol. The molecule has 0 aliphatic carbocycles. The predicted octanol–water partition coefficient (Wildman–Crippen LogP) is -1.79. The summed E-state index contributed by atoms with van der Waals surface area (Å²) in [4.78, 5) is 13.0. The van der Waals surface area contributed by atoms with E-state index in [1.54, 1.807) is 23.3 Å². The molecule has 0 fully saturated rings. The van der Waals surface area contributed by atoms with Crippen LogP contribution in [-0.2, 0) is 4.79 Å². The largest absolute Gasteiger partial charge is 0.333 e. The van der Waals surface area contributed by atoms with Gasteiger partial charge in [0.2, 0.25) is 5.91 Å². The summed E-state index contributed by atoms with van der Waals surface area (Å²) < 4.78 is 0. The van der Waals surface area contributed by atoms with Crippen molar-refractivity contribution < 1.29 is 4.79 Å². The molecule has 0 saturated carbocycles. The van der Waals surface area contributed by atoms with Gasteiger partial charge in [-0.1, -0.05) is 19.2 Å². The minimum atomic E-state index is -0.231. The van der Waals surface area contributed by atoms with Crippen molar-refractivity contribution in [2.75, 3.05) is 0 Å². The summed E-state index contributed by atoms with van der Waals surface area (Å²) in [7, 11) is 5.88. The van der Waals surface area contributed by atoms with Crippen LogP contribution < -0.4 is 0 Å². The molecule has 0 rings (SSSR count). The fourth-order valence-electron chi connectivity index (χ4n) is 0.873. The minimum Gasteiger partial charge on any atom is -0.333 e. The second kappa shape index (κ2) is 4.80. The first-order valence-electron chi connectivity index (χ1n) is 4.18. The number of allylic oxidation sites excluding steroid dienone is 2. The summed E-state index contributed by atoms with van der Waals surface area (Å²) in [5.74, 6) is -0.106. The van der Waals surface area contributed by atoms with Crippen LogP contribution in [0.15, 0.2) is 37.6 Å². The number of nitrogens with zero attached hydrogens (tertiary/aromatic N) is 1. The van der Waals surface area contributed by atoms with Crippen LogP contribution in [0.2, 0.25) is 0 Å². The number of carbonyl (C=O) groups excluding carboxylic acids is 1. The van der Waals surface area contributed by atoms with Crippen molar-refractivity contribution in [1.29, 1.82) is 0 Å². The van der Waals surface area contributed by atoms with E-state index in [4.69, 9.17) is 0 Å². The predicted molar refractivity (Wildman–Crippen MR) is 64.7 cm³/mol. The molecular weight excluding hydrogens is 159 g/mol. The number of rotatable bonds is 4. The summed E-state index contributed by atoms with van der Waals surface area (Å²) in [5, 5.41) is -0.231. The monoisotopic (exact) mass is 173 g/mol. The zero-order chi connectivity index (χ0) is 10.5. The lowest BCUT2D eigenvalue weighted by Gasteiger charge is -2.32. The molecular formula is C8H14B3NO. The molecule has 0 N–H and O–H groups in total. The molecule has 0 saturated heterocycles. The van der Waals surface area contributed by atoms with Gasteiger partial charge in [0.15, 0.2) is 0 Å². The van der Waals surface area contributed by atoms with Gasteiger partial charge in [0.05, 0.1) is 0 Å². The molecule has 66 valence electrons. The van der Waals surface area contributed by atoms with Gasteiger partial charge >= 0.3 is 0 Å². The first-order valence-corrected chi connectivity index (χ1v) is 4.18. The Morgan fingerprint density at radius 2 is 1.85 bits per heavy atom. The quantitative estimate of drug-likeness (QED) is 0.279. The highest BCUT2D eigenvalue weighted by atomic mass is 16.2. The zero-order valence-corrected chi connectivity index (χ0v) is 8.58. The second-order valence-electron chi connectivity index (χ2n) is 3.66. The molecule has 0 unspecified atom stereocenters. The normalized spacial score (nSPS) is 11.1. The number of carbonyl (C=O) groups is 1. The lowest BCUT2D eigenvalue weighted by atomic mass is 9.48. The number of amides is 1. The van der Waals surface area contributed by atoms with Crippen LogP contribution in [-0.4, -0.2) is 39.6 Å². The van der Waals surface area contributed by atoms with Gasteiger partial charge in [-0.05, 0) is 17.4 Å². The molecule has 0 aliphatic rings. The molecule has 0 aromatic carbocycles. The third kappa shape index (κ3) is 3.88. The topological polar surface area (TPSA) is 20.3 Å². The zero-order valence-electron chi connectivity index (χ0n) is 8.58. The Bertz CT molecular complexity index is 242. The van der Waals surface area contributed by atoms with Gasteiger partial charge < -0.3 is 4.90 Å². The molecule has 0 aliphatic heterocycles. The molecule has 2 nitrogen and oxygen atoms in total. The van der Waals surface area contributed by atoms with Crippen LogP contribution in [0, 0.1) is 0 Å². The minimum absolute atomic E-state index is 0.106. The Hall–Kier alpha value is -1.12. The Balaban J connectivity index is 4.75. The molecule has 1 amide bonds. The molecule has 0 spiro atoms. The van der Waals surface area contributed by atoms with Gasteiger partial charge in [-0.25, -0.2) is 0 Å². The Labute approximate surface area is 82.6 Å². The van der Waals surface area contributed by atoms with Crippen molar-refractivity contribution in [2.45, 2.75) is 5.24 Å². The molecule has 0 aromatic heterocycles. The van der Waals surface area contributed by atoms with Crippen molar-refractivity contribution in [2.24, 2.45) is 0 Å². The molecule has 13 heavy (non-hydrogen) atoms. The van der Waals surface area contributed by atoms with Crippen molar-refractivity contribution >= 4 is 29.4 Å². The Kier molecular flexibility index (Phi) is 4.39. The standard InChI is InChI=1S/C8H14B3NO/c1-3-5-6-12(7(13)4-2)8(9,10)11/h3-6H,1-2,9-11H2/b6-5-. The summed E-state index contributed by atoms with van der Waals surface area (Å²) in [6.45, 7) is 7.00. The maximum absolute atomic E-state index is 11.4. The van der Waals surface area contributed by atoms with Crippen molar-refractivity contribution in [3.05, 3.63) is 37.6 Å². The third-order valence-corrected chi connectivity index (χ3v) is 1.51. The summed E-state index contributed by atoms with van der Waals surface area (Å²) in [5.41, 5.74) is 0. The van der Waals surface area contributed by atoms with Crippen molar-refractivity contribution in [1.82, 2.24) is 4.90 Å². The van der Waals surface area contributed by atoms with E-state index in [0.717, 1.165) is 0 Å². The highest BCUT2D eigenvalue weighted by Gasteiger charge is 2.21. The third-order valence-electron chi connectivity index (χ3n) is 1.51. The van der Waals surface area contributed by atoms with Crippen LogP contribution in [0.5, 0.6) is 0 Å². The molecule has 0 radical (unpaired) electrons. The van der Waals surface area contributed by atoms with E-state index >= 15 is 0 Å². The highest BCUT2D eigenvalue weighted by Crippen LogP contribution is 2.04. The van der Waals surface area contributed by atoms with E-state index in [1.807, 2.05) is 23.5 Å². The number of hydrogen-bond donors (Lipinski definition) is 0. The summed E-state index contributed by atoms with van der Waals surface area (Å²) in [6.07, 6.45) is 6.37. The molecule has 0 aromatic rings. The number of hydrogen-bond acceptors (Lipinski definition) is 1. The fourth-order valence-corrected chi connectivity index (χ4v) is 0.873. The van der Waals surface area contributed by atoms with E-state index in [-0.39, 0.29) is 11.1 Å². The smallest absolute Gasteiger partial charge is 0.248 e. The Morgan fingerprint density at radius 1 is 1.31 bits per heavy atom. The van der Waals surface area contributed by atoms with Gasteiger partial charge in [0, 0.05) is 6.20 Å². The molecule has 0 bridgehead atoms. The van der Waals surface area contributed by atoms with Gasteiger partial charge in [-0.3, -0.25) is 4.79 Å². The second-order valence-corrected chi connectivity index (χ2v) is 3.66. The lowest BCUT2D eigenvalue weighted by molar-refractivity contribution is -0.123. The van der Waals surface area contributed by atoms with Gasteiger partial charge in [0.25, 0.3) is 0 Å². The van der Waals surface area contributed by atoms with Gasteiger partial charge in [-0.2, -0.15) is 0 Å². The van der Waals surface area contributed by atoms with Crippen molar-refractivity contribution in [3.63, 3.8) is 0 Å². The first-order chi connectivity index (χ1) is 5.93. The van der Waals surface area contributed by atoms with Crippen molar-refractivity contribution in [3.8, 4) is 0 Å². The maximum Gasteiger partial charge on any atom is 0.248 e. The lowest BCUT2D eigenvalue weighted by Crippen LogP contribution is -2.50. The SMILES string of the molecule is BC(B)(B)N(/C=C\C=C)C(=O)C=C. The van der Waals surface area contributed by atoms with Gasteiger partial charge in [-0.15, -0.1) is 0 Å². The van der Waals surface area contributed by atoms with E-state index in [2.05, 4.69) is 13.2 Å². The first kappa shape index (κ1) is 11.9. The van der Waals surface area contributed by atoms with E-state index in [9.17, 15) is 4.79 Å². The van der Waals surface area contributed by atoms with E-state index < -0.39 is 0 Å².